The molecule has 2 rings (SSSR count). The quantitative estimate of drug-likeness (QED) is 0.866. The summed E-state index contributed by atoms with van der Waals surface area (Å²) in [7, 11) is 0. The third-order valence-corrected chi connectivity index (χ3v) is 4.50. The molecule has 0 aromatic heterocycles. The van der Waals surface area contributed by atoms with Crippen molar-refractivity contribution < 1.29 is 9.53 Å². The lowest BCUT2D eigenvalue weighted by Gasteiger charge is -2.40. The van der Waals surface area contributed by atoms with Crippen LogP contribution < -0.4 is 5.73 Å². The van der Waals surface area contributed by atoms with Gasteiger partial charge in [-0.1, -0.05) is 0 Å². The first kappa shape index (κ1) is 16.6. The van der Waals surface area contributed by atoms with E-state index < -0.39 is 5.60 Å². The zero-order chi connectivity index (χ0) is 15.5. The first-order valence-electron chi connectivity index (χ1n) is 8.33. The van der Waals surface area contributed by atoms with Gasteiger partial charge in [-0.25, -0.2) is 4.79 Å². The van der Waals surface area contributed by atoms with Crippen molar-refractivity contribution in [1.82, 2.24) is 9.80 Å². The normalized spacial score (nSPS) is 25.9. The van der Waals surface area contributed by atoms with Crippen molar-refractivity contribution in [1.29, 1.82) is 0 Å². The summed E-state index contributed by atoms with van der Waals surface area (Å²) < 4.78 is 5.51. The zero-order valence-corrected chi connectivity index (χ0v) is 13.8. The van der Waals surface area contributed by atoms with Gasteiger partial charge in [0.05, 0.1) is 0 Å². The summed E-state index contributed by atoms with van der Waals surface area (Å²) in [5.74, 6) is 0.481. The van der Waals surface area contributed by atoms with E-state index in [1.54, 1.807) is 0 Å². The minimum absolute atomic E-state index is 0.176. The third-order valence-electron chi connectivity index (χ3n) is 4.50. The predicted molar refractivity (Wildman–Crippen MR) is 84.2 cm³/mol. The number of likely N-dealkylation sites (tertiary alicyclic amines) is 2. The molecule has 2 heterocycles. The highest BCUT2D eigenvalue weighted by atomic mass is 16.6. The largest absolute Gasteiger partial charge is 0.444 e. The van der Waals surface area contributed by atoms with E-state index in [-0.39, 0.29) is 6.09 Å². The number of rotatable bonds is 3. The number of hydrogen-bond acceptors (Lipinski definition) is 4. The molecule has 0 aromatic rings. The zero-order valence-electron chi connectivity index (χ0n) is 13.8. The minimum Gasteiger partial charge on any atom is -0.444 e. The lowest BCUT2D eigenvalue weighted by atomic mass is 9.90. The number of piperidine rings is 1. The summed E-state index contributed by atoms with van der Waals surface area (Å²) >= 11 is 0. The average Bonchev–Trinajstić information content (AvgIpc) is 2.92. The van der Waals surface area contributed by atoms with Gasteiger partial charge < -0.3 is 15.4 Å². The van der Waals surface area contributed by atoms with Crippen molar-refractivity contribution in [3.05, 3.63) is 0 Å². The molecule has 5 heteroatoms. The second-order valence-electron chi connectivity index (χ2n) is 7.37. The first-order chi connectivity index (χ1) is 9.90. The smallest absolute Gasteiger partial charge is 0.410 e. The van der Waals surface area contributed by atoms with E-state index >= 15 is 0 Å². The van der Waals surface area contributed by atoms with Crippen LogP contribution >= 0.6 is 0 Å². The Labute approximate surface area is 128 Å². The third kappa shape index (κ3) is 4.58. The summed E-state index contributed by atoms with van der Waals surface area (Å²) in [5.41, 5.74) is 5.61. The Balaban J connectivity index is 1.94. The first-order valence-corrected chi connectivity index (χ1v) is 8.33. The Kier molecular flexibility index (Phi) is 5.49. The van der Waals surface area contributed by atoms with Crippen LogP contribution in [0.3, 0.4) is 0 Å². The molecule has 2 N–H and O–H groups in total. The molecule has 0 aromatic carbocycles. The average molecular weight is 297 g/mol. The number of nitrogens with zero attached hydrogens (tertiary/aromatic N) is 2. The molecule has 2 saturated heterocycles. The molecule has 2 fully saturated rings. The fraction of sp³-hybridized carbons (Fsp3) is 0.938. The maximum absolute atomic E-state index is 12.3. The molecular weight excluding hydrogens is 266 g/mol. The Bertz CT molecular complexity index is 348. The van der Waals surface area contributed by atoms with Crippen molar-refractivity contribution in [3.63, 3.8) is 0 Å². The number of ether oxygens (including phenoxy) is 1. The molecule has 0 bridgehead atoms. The van der Waals surface area contributed by atoms with Crippen LogP contribution in [0.25, 0.3) is 0 Å². The molecule has 0 aliphatic carbocycles. The van der Waals surface area contributed by atoms with E-state index in [0.29, 0.717) is 18.5 Å². The van der Waals surface area contributed by atoms with E-state index in [1.807, 2.05) is 25.7 Å². The maximum atomic E-state index is 12.3. The summed E-state index contributed by atoms with van der Waals surface area (Å²) in [6.07, 6.45) is 4.59. The molecule has 21 heavy (non-hydrogen) atoms. The lowest BCUT2D eigenvalue weighted by molar-refractivity contribution is 0.0103. The molecule has 5 nitrogen and oxygen atoms in total. The Hall–Kier alpha value is -0.810. The molecule has 0 radical (unpaired) electrons. The summed E-state index contributed by atoms with van der Waals surface area (Å²) in [4.78, 5) is 16.6. The fourth-order valence-electron chi connectivity index (χ4n) is 3.53. The molecule has 2 aliphatic rings. The van der Waals surface area contributed by atoms with Crippen LogP contribution in [-0.4, -0.2) is 60.3 Å². The van der Waals surface area contributed by atoms with Crippen molar-refractivity contribution >= 4 is 6.09 Å². The Morgan fingerprint density at radius 3 is 2.48 bits per heavy atom. The fourth-order valence-corrected chi connectivity index (χ4v) is 3.53. The highest BCUT2D eigenvalue weighted by Crippen LogP contribution is 2.26. The second kappa shape index (κ2) is 6.97. The highest BCUT2D eigenvalue weighted by molar-refractivity contribution is 5.68. The van der Waals surface area contributed by atoms with E-state index in [2.05, 4.69) is 4.90 Å². The van der Waals surface area contributed by atoms with Crippen LogP contribution in [-0.2, 0) is 4.74 Å². The van der Waals surface area contributed by atoms with E-state index in [1.165, 1.54) is 12.8 Å². The number of hydrogen-bond donors (Lipinski definition) is 1. The van der Waals surface area contributed by atoms with Crippen LogP contribution in [0.15, 0.2) is 0 Å². The highest BCUT2D eigenvalue weighted by Gasteiger charge is 2.34. The van der Waals surface area contributed by atoms with Gasteiger partial charge in [-0.2, -0.15) is 0 Å². The topological polar surface area (TPSA) is 58.8 Å². The van der Waals surface area contributed by atoms with Crippen LogP contribution in [0, 0.1) is 5.92 Å². The monoisotopic (exact) mass is 297 g/mol. The van der Waals surface area contributed by atoms with Gasteiger partial charge in [0, 0.05) is 25.7 Å². The number of carbonyl (C=O) groups is 1. The van der Waals surface area contributed by atoms with E-state index in [4.69, 9.17) is 10.5 Å². The molecule has 0 saturated carbocycles. The molecule has 122 valence electrons. The van der Waals surface area contributed by atoms with Gasteiger partial charge in [-0.15, -0.1) is 0 Å². The van der Waals surface area contributed by atoms with Crippen molar-refractivity contribution in [2.24, 2.45) is 11.7 Å². The van der Waals surface area contributed by atoms with Gasteiger partial charge in [-0.05, 0) is 65.5 Å². The van der Waals surface area contributed by atoms with Crippen molar-refractivity contribution in [2.75, 3.05) is 32.7 Å². The summed E-state index contributed by atoms with van der Waals surface area (Å²) in [6.45, 7) is 10.3. The van der Waals surface area contributed by atoms with Crippen LogP contribution in [0.2, 0.25) is 0 Å². The van der Waals surface area contributed by atoms with Crippen LogP contribution in [0.4, 0.5) is 4.79 Å². The second-order valence-corrected chi connectivity index (χ2v) is 7.37. The van der Waals surface area contributed by atoms with Crippen molar-refractivity contribution in [3.8, 4) is 0 Å². The van der Waals surface area contributed by atoms with Gasteiger partial charge in [0.1, 0.15) is 5.60 Å². The minimum atomic E-state index is -0.424. The van der Waals surface area contributed by atoms with Gasteiger partial charge in [0.15, 0.2) is 0 Å². The van der Waals surface area contributed by atoms with Crippen LogP contribution in [0.5, 0.6) is 0 Å². The number of nitrogens with two attached hydrogens (primary N) is 1. The van der Waals surface area contributed by atoms with Gasteiger partial charge in [-0.3, -0.25) is 4.90 Å². The van der Waals surface area contributed by atoms with E-state index in [9.17, 15) is 4.79 Å². The SMILES string of the molecule is CC(C)(C)OC(=O)N1CCCC(C(CN)N2CCCC2)C1. The van der Waals surface area contributed by atoms with Gasteiger partial charge in [0.25, 0.3) is 0 Å². The number of carbonyl (C=O) groups excluding carboxylic acids is 1. The molecular formula is C16H31N3O2. The molecule has 1 amide bonds. The Morgan fingerprint density at radius 2 is 1.90 bits per heavy atom. The molecule has 0 spiro atoms. The number of amides is 1. The predicted octanol–water partition coefficient (Wildman–Crippen LogP) is 2.06. The summed E-state index contributed by atoms with van der Waals surface area (Å²) in [6, 6.07) is 0.415. The van der Waals surface area contributed by atoms with Gasteiger partial charge in [0.2, 0.25) is 0 Å². The lowest BCUT2D eigenvalue weighted by Crippen LogP contribution is -2.52. The molecule has 2 aliphatic heterocycles. The van der Waals surface area contributed by atoms with Crippen molar-refractivity contribution in [2.45, 2.75) is 58.1 Å². The van der Waals surface area contributed by atoms with E-state index in [0.717, 1.165) is 39.0 Å². The van der Waals surface area contributed by atoms with Gasteiger partial charge >= 0.3 is 6.09 Å². The van der Waals surface area contributed by atoms with Crippen LogP contribution in [0.1, 0.15) is 46.5 Å². The maximum Gasteiger partial charge on any atom is 0.410 e. The standard InChI is InChI=1S/C16H31N3O2/c1-16(2,3)21-15(20)19-10-6-7-13(12-19)14(11-17)18-8-4-5-9-18/h13-14H,4-12,17H2,1-3H3. The molecule has 2 atom stereocenters. The summed E-state index contributed by atoms with van der Waals surface area (Å²) in [5, 5.41) is 0. The Morgan fingerprint density at radius 1 is 1.24 bits per heavy atom. The molecule has 2 unspecified atom stereocenters.